The standard InChI is InChI=1S/C11H11F5N2O2/c12-6-2-1-3-7(13)10(6)18-9(20)5-17-4-8(19)11(14,15)16/h1-3,8,17,19H,4-5H2,(H,18,20). The third-order valence-corrected chi connectivity index (χ3v) is 2.23. The number of carbonyl (C=O) groups excluding carboxylic acids is 1. The smallest absolute Gasteiger partial charge is 0.382 e. The molecule has 1 unspecified atom stereocenters. The molecule has 0 spiro atoms. The molecule has 0 aliphatic carbocycles. The van der Waals surface area contributed by atoms with Crippen molar-refractivity contribution in [3.63, 3.8) is 0 Å². The average molecular weight is 298 g/mol. The summed E-state index contributed by atoms with van der Waals surface area (Å²) >= 11 is 0. The first kappa shape index (κ1) is 16.3. The number of carbonyl (C=O) groups is 1. The SMILES string of the molecule is O=C(CNCC(O)C(F)(F)F)Nc1c(F)cccc1F. The van der Waals surface area contributed by atoms with E-state index in [-0.39, 0.29) is 0 Å². The second-order valence-corrected chi connectivity index (χ2v) is 3.83. The lowest BCUT2D eigenvalue weighted by Crippen LogP contribution is -2.41. The van der Waals surface area contributed by atoms with Gasteiger partial charge in [0.2, 0.25) is 5.91 Å². The molecule has 4 nitrogen and oxygen atoms in total. The molecule has 0 saturated heterocycles. The molecule has 0 fully saturated rings. The number of hydrogen-bond donors (Lipinski definition) is 3. The van der Waals surface area contributed by atoms with E-state index in [9.17, 15) is 26.7 Å². The first-order chi connectivity index (χ1) is 9.21. The van der Waals surface area contributed by atoms with Crippen molar-refractivity contribution in [2.45, 2.75) is 12.3 Å². The van der Waals surface area contributed by atoms with Crippen LogP contribution in [-0.4, -0.2) is 36.4 Å². The molecule has 1 atom stereocenters. The van der Waals surface area contributed by atoms with E-state index in [0.29, 0.717) is 0 Å². The van der Waals surface area contributed by atoms with Crippen LogP contribution in [0.25, 0.3) is 0 Å². The molecule has 0 aliphatic rings. The molecular weight excluding hydrogens is 287 g/mol. The molecule has 1 aromatic carbocycles. The van der Waals surface area contributed by atoms with E-state index in [2.05, 4.69) is 0 Å². The normalized spacial score (nSPS) is 13.1. The number of anilines is 1. The summed E-state index contributed by atoms with van der Waals surface area (Å²) in [6.07, 6.45) is -7.43. The Morgan fingerprint density at radius 3 is 2.30 bits per heavy atom. The van der Waals surface area contributed by atoms with Crippen LogP contribution in [0.5, 0.6) is 0 Å². The maximum atomic E-state index is 13.2. The molecule has 1 aromatic rings. The lowest BCUT2D eigenvalue weighted by molar-refractivity contribution is -0.201. The van der Waals surface area contributed by atoms with Gasteiger partial charge in [-0.15, -0.1) is 0 Å². The van der Waals surface area contributed by atoms with E-state index >= 15 is 0 Å². The quantitative estimate of drug-likeness (QED) is 0.720. The van der Waals surface area contributed by atoms with Crippen molar-refractivity contribution in [2.75, 3.05) is 18.4 Å². The number of halogens is 5. The van der Waals surface area contributed by atoms with Crippen LogP contribution in [0.15, 0.2) is 18.2 Å². The van der Waals surface area contributed by atoms with E-state index in [1.165, 1.54) is 0 Å². The van der Waals surface area contributed by atoms with Crippen LogP contribution in [0.1, 0.15) is 0 Å². The lowest BCUT2D eigenvalue weighted by atomic mass is 10.3. The van der Waals surface area contributed by atoms with Gasteiger partial charge in [-0.25, -0.2) is 8.78 Å². The maximum Gasteiger partial charge on any atom is 0.415 e. The number of hydrogen-bond acceptors (Lipinski definition) is 3. The van der Waals surface area contributed by atoms with E-state index in [0.717, 1.165) is 18.2 Å². The van der Waals surface area contributed by atoms with Crippen LogP contribution < -0.4 is 10.6 Å². The molecule has 0 bridgehead atoms. The van der Waals surface area contributed by atoms with Gasteiger partial charge in [0.25, 0.3) is 0 Å². The van der Waals surface area contributed by atoms with E-state index in [4.69, 9.17) is 5.11 Å². The Kier molecular flexibility index (Phi) is 5.40. The highest BCUT2D eigenvalue weighted by Crippen LogP contribution is 2.19. The molecule has 20 heavy (non-hydrogen) atoms. The molecule has 1 rings (SSSR count). The molecular formula is C11H11F5N2O2. The second kappa shape index (κ2) is 6.62. The molecule has 0 aromatic heterocycles. The number of amides is 1. The Balaban J connectivity index is 2.45. The highest BCUT2D eigenvalue weighted by molar-refractivity contribution is 5.92. The third kappa shape index (κ3) is 4.74. The minimum Gasteiger partial charge on any atom is -0.382 e. The van der Waals surface area contributed by atoms with Crippen molar-refractivity contribution >= 4 is 11.6 Å². The zero-order valence-electron chi connectivity index (χ0n) is 9.97. The number of nitrogens with one attached hydrogen (secondary N) is 2. The Morgan fingerprint density at radius 2 is 1.80 bits per heavy atom. The maximum absolute atomic E-state index is 13.2. The molecule has 0 radical (unpaired) electrons. The summed E-state index contributed by atoms with van der Waals surface area (Å²) in [5, 5.41) is 12.5. The first-order valence-electron chi connectivity index (χ1n) is 5.41. The van der Waals surface area contributed by atoms with E-state index in [1.54, 1.807) is 0 Å². The van der Waals surface area contributed by atoms with Gasteiger partial charge < -0.3 is 15.7 Å². The summed E-state index contributed by atoms with van der Waals surface area (Å²) in [4.78, 5) is 11.3. The Hall–Kier alpha value is -1.74. The molecule has 1 amide bonds. The van der Waals surface area contributed by atoms with Crippen LogP contribution in [0.4, 0.5) is 27.6 Å². The minimum absolute atomic E-state index is 0.638. The Labute approximate surface area is 110 Å². The molecule has 9 heteroatoms. The van der Waals surface area contributed by atoms with Gasteiger partial charge in [0.15, 0.2) is 6.10 Å². The Morgan fingerprint density at radius 1 is 1.25 bits per heavy atom. The van der Waals surface area contributed by atoms with Crippen molar-refractivity contribution < 1.29 is 31.9 Å². The molecule has 112 valence electrons. The summed E-state index contributed by atoms with van der Waals surface area (Å²) < 4.78 is 62.1. The summed E-state index contributed by atoms with van der Waals surface area (Å²) in [5.41, 5.74) is -0.685. The summed E-state index contributed by atoms with van der Waals surface area (Å²) in [5.74, 6) is -2.95. The fourth-order valence-electron chi connectivity index (χ4n) is 1.24. The van der Waals surface area contributed by atoms with Crippen molar-refractivity contribution in [3.8, 4) is 0 Å². The zero-order valence-corrected chi connectivity index (χ0v) is 9.97. The van der Waals surface area contributed by atoms with Crippen LogP contribution in [0.2, 0.25) is 0 Å². The topological polar surface area (TPSA) is 61.4 Å². The summed E-state index contributed by atoms with van der Waals surface area (Å²) in [6, 6.07) is 2.93. The first-order valence-corrected chi connectivity index (χ1v) is 5.41. The molecule has 0 heterocycles. The Bertz CT molecular complexity index is 458. The van der Waals surface area contributed by atoms with Crippen LogP contribution in [0, 0.1) is 11.6 Å². The van der Waals surface area contributed by atoms with Crippen molar-refractivity contribution in [2.24, 2.45) is 0 Å². The van der Waals surface area contributed by atoms with Crippen molar-refractivity contribution in [3.05, 3.63) is 29.8 Å². The largest absolute Gasteiger partial charge is 0.415 e. The lowest BCUT2D eigenvalue weighted by Gasteiger charge is -2.15. The predicted molar refractivity (Wildman–Crippen MR) is 59.9 cm³/mol. The number of para-hydroxylation sites is 1. The van der Waals surface area contributed by atoms with Crippen LogP contribution in [-0.2, 0) is 4.79 Å². The number of aliphatic hydroxyl groups is 1. The van der Waals surface area contributed by atoms with Crippen LogP contribution >= 0.6 is 0 Å². The molecule has 3 N–H and O–H groups in total. The van der Waals surface area contributed by atoms with Gasteiger partial charge >= 0.3 is 6.18 Å². The molecule has 0 aliphatic heterocycles. The summed E-state index contributed by atoms with van der Waals surface area (Å²) in [7, 11) is 0. The molecule has 0 saturated carbocycles. The van der Waals surface area contributed by atoms with Gasteiger partial charge in [-0.3, -0.25) is 4.79 Å². The fraction of sp³-hybridized carbons (Fsp3) is 0.364. The minimum atomic E-state index is -4.80. The van der Waals surface area contributed by atoms with Gasteiger partial charge in [0.05, 0.1) is 6.54 Å². The van der Waals surface area contributed by atoms with Gasteiger partial charge in [-0.2, -0.15) is 13.2 Å². The van der Waals surface area contributed by atoms with Gasteiger partial charge in [0, 0.05) is 6.54 Å². The van der Waals surface area contributed by atoms with Crippen molar-refractivity contribution in [1.82, 2.24) is 5.32 Å². The van der Waals surface area contributed by atoms with E-state index in [1.807, 2.05) is 10.6 Å². The second-order valence-electron chi connectivity index (χ2n) is 3.83. The van der Waals surface area contributed by atoms with Crippen LogP contribution in [0.3, 0.4) is 0 Å². The monoisotopic (exact) mass is 298 g/mol. The third-order valence-electron chi connectivity index (χ3n) is 2.23. The average Bonchev–Trinajstić information content (AvgIpc) is 2.32. The zero-order chi connectivity index (χ0) is 15.3. The van der Waals surface area contributed by atoms with E-state index < -0.39 is 48.6 Å². The van der Waals surface area contributed by atoms with Crippen molar-refractivity contribution in [1.29, 1.82) is 0 Å². The highest BCUT2D eigenvalue weighted by Gasteiger charge is 2.37. The number of benzene rings is 1. The number of rotatable bonds is 5. The van der Waals surface area contributed by atoms with Gasteiger partial charge in [-0.1, -0.05) is 6.07 Å². The predicted octanol–water partition coefficient (Wildman–Crippen LogP) is 1.42. The number of alkyl halides is 3. The summed E-state index contributed by atoms with van der Waals surface area (Å²) in [6.45, 7) is -1.54. The fourth-order valence-corrected chi connectivity index (χ4v) is 1.24. The van der Waals surface area contributed by atoms with Gasteiger partial charge in [-0.05, 0) is 12.1 Å². The number of aliphatic hydroxyl groups excluding tert-OH is 1. The van der Waals surface area contributed by atoms with Gasteiger partial charge in [0.1, 0.15) is 17.3 Å². The highest BCUT2D eigenvalue weighted by atomic mass is 19.4.